The second kappa shape index (κ2) is 6.16. The molecule has 2 aromatic heterocycles. The molecular weight excluding hydrogens is 260 g/mol. The lowest BCUT2D eigenvalue weighted by atomic mass is 10.3. The minimum absolute atomic E-state index is 0.201. The fourth-order valence-corrected chi connectivity index (χ4v) is 2.93. The maximum atomic E-state index is 9.01. The van der Waals surface area contributed by atoms with Crippen molar-refractivity contribution < 1.29 is 5.11 Å². The molecule has 0 aliphatic carbocycles. The number of hydrogen-bond acceptors (Lipinski definition) is 6. The molecule has 0 saturated heterocycles. The molecule has 104 valence electrons. The van der Waals surface area contributed by atoms with Crippen LogP contribution in [0.3, 0.4) is 0 Å². The average Bonchev–Trinajstić information content (AvgIpc) is 2.79. The van der Waals surface area contributed by atoms with Crippen molar-refractivity contribution in [3.05, 3.63) is 10.9 Å². The fraction of sp³-hybridized carbons (Fsp3) is 0.538. The number of fused-ring (bicyclic) bond motifs is 1. The Balaban J connectivity index is 2.48. The molecule has 0 radical (unpaired) electrons. The topological polar surface area (TPSA) is 61.3 Å². The molecule has 0 amide bonds. The SMILES string of the molecule is CCN(CCCO)c1nc(NC)nc2sc(C)cc12. The zero-order valence-corrected chi connectivity index (χ0v) is 12.4. The fourth-order valence-electron chi connectivity index (χ4n) is 2.06. The van der Waals surface area contributed by atoms with E-state index >= 15 is 0 Å². The van der Waals surface area contributed by atoms with Gasteiger partial charge in [-0.1, -0.05) is 0 Å². The van der Waals surface area contributed by atoms with Crippen LogP contribution in [0.2, 0.25) is 0 Å². The van der Waals surface area contributed by atoms with E-state index in [9.17, 15) is 0 Å². The molecule has 0 bridgehead atoms. The number of aliphatic hydroxyl groups is 1. The van der Waals surface area contributed by atoms with Crippen LogP contribution in [0.15, 0.2) is 6.07 Å². The first kappa shape index (κ1) is 14.0. The molecule has 0 spiro atoms. The summed E-state index contributed by atoms with van der Waals surface area (Å²) in [4.78, 5) is 13.5. The Hall–Kier alpha value is -1.40. The maximum absolute atomic E-state index is 9.01. The Morgan fingerprint density at radius 1 is 1.42 bits per heavy atom. The van der Waals surface area contributed by atoms with Gasteiger partial charge in [0.1, 0.15) is 10.6 Å². The Morgan fingerprint density at radius 2 is 2.21 bits per heavy atom. The van der Waals surface area contributed by atoms with Crippen LogP contribution < -0.4 is 10.2 Å². The van der Waals surface area contributed by atoms with Gasteiger partial charge in [-0.25, -0.2) is 4.98 Å². The summed E-state index contributed by atoms with van der Waals surface area (Å²) in [6.07, 6.45) is 0.747. The van der Waals surface area contributed by atoms with E-state index in [-0.39, 0.29) is 6.61 Å². The predicted octanol–water partition coefficient (Wildman–Crippen LogP) is 2.25. The smallest absolute Gasteiger partial charge is 0.225 e. The van der Waals surface area contributed by atoms with Gasteiger partial charge >= 0.3 is 0 Å². The monoisotopic (exact) mass is 280 g/mol. The quantitative estimate of drug-likeness (QED) is 0.850. The Morgan fingerprint density at radius 3 is 2.84 bits per heavy atom. The number of rotatable bonds is 6. The zero-order valence-electron chi connectivity index (χ0n) is 11.6. The molecule has 2 heterocycles. The third kappa shape index (κ3) is 2.96. The molecule has 2 rings (SSSR count). The summed E-state index contributed by atoms with van der Waals surface area (Å²) in [7, 11) is 1.83. The molecule has 0 aliphatic heterocycles. The first-order valence-electron chi connectivity index (χ1n) is 6.51. The van der Waals surface area contributed by atoms with E-state index in [0.717, 1.165) is 35.5 Å². The van der Waals surface area contributed by atoms with E-state index in [1.807, 2.05) is 7.05 Å². The molecule has 0 atom stereocenters. The molecular formula is C13H20N4OS. The summed E-state index contributed by atoms with van der Waals surface area (Å²) in [6.45, 7) is 6.05. The first-order valence-corrected chi connectivity index (χ1v) is 7.33. The minimum atomic E-state index is 0.201. The van der Waals surface area contributed by atoms with Gasteiger partial charge in [-0.3, -0.25) is 0 Å². The van der Waals surface area contributed by atoms with Crippen LogP contribution in [0.25, 0.3) is 10.2 Å². The minimum Gasteiger partial charge on any atom is -0.396 e. The number of hydrogen-bond donors (Lipinski definition) is 2. The van der Waals surface area contributed by atoms with E-state index in [1.165, 1.54) is 4.88 Å². The van der Waals surface area contributed by atoms with Crippen LogP contribution in [-0.2, 0) is 0 Å². The van der Waals surface area contributed by atoms with Crippen LogP contribution in [-0.4, -0.2) is 41.8 Å². The van der Waals surface area contributed by atoms with E-state index < -0.39 is 0 Å². The van der Waals surface area contributed by atoms with Crippen molar-refractivity contribution in [1.82, 2.24) is 9.97 Å². The number of aryl methyl sites for hydroxylation is 1. The highest BCUT2D eigenvalue weighted by atomic mass is 32.1. The lowest BCUT2D eigenvalue weighted by Gasteiger charge is -2.22. The van der Waals surface area contributed by atoms with E-state index in [1.54, 1.807) is 11.3 Å². The third-order valence-electron chi connectivity index (χ3n) is 2.99. The van der Waals surface area contributed by atoms with Crippen molar-refractivity contribution in [2.24, 2.45) is 0 Å². The molecule has 0 fully saturated rings. The number of aromatic nitrogens is 2. The Labute approximate surface area is 117 Å². The maximum Gasteiger partial charge on any atom is 0.225 e. The number of nitrogens with one attached hydrogen (secondary N) is 1. The van der Waals surface area contributed by atoms with Crippen molar-refractivity contribution >= 4 is 33.3 Å². The van der Waals surface area contributed by atoms with Crippen LogP contribution in [0.5, 0.6) is 0 Å². The number of aliphatic hydroxyl groups excluding tert-OH is 1. The lowest BCUT2D eigenvalue weighted by molar-refractivity contribution is 0.289. The zero-order chi connectivity index (χ0) is 13.8. The lowest BCUT2D eigenvalue weighted by Crippen LogP contribution is -2.26. The highest BCUT2D eigenvalue weighted by Gasteiger charge is 2.14. The van der Waals surface area contributed by atoms with Gasteiger partial charge in [-0.15, -0.1) is 11.3 Å². The molecule has 2 aromatic rings. The summed E-state index contributed by atoms with van der Waals surface area (Å²) in [5.41, 5.74) is 0. The number of thiophene rings is 1. The normalized spacial score (nSPS) is 10.9. The standard InChI is InChI=1S/C13H20N4OS/c1-4-17(6-5-7-18)11-10-8-9(2)19-12(10)16-13(14-3)15-11/h8,18H,4-7H2,1-3H3,(H,14,15,16). The highest BCUT2D eigenvalue weighted by Crippen LogP contribution is 2.31. The van der Waals surface area contributed by atoms with Crippen LogP contribution in [0, 0.1) is 6.92 Å². The molecule has 5 nitrogen and oxygen atoms in total. The van der Waals surface area contributed by atoms with Crippen molar-refractivity contribution in [3.63, 3.8) is 0 Å². The van der Waals surface area contributed by atoms with Crippen LogP contribution in [0.4, 0.5) is 11.8 Å². The van der Waals surface area contributed by atoms with Gasteiger partial charge in [0.15, 0.2) is 0 Å². The summed E-state index contributed by atoms with van der Waals surface area (Å²) in [5.74, 6) is 1.60. The van der Waals surface area contributed by atoms with E-state index in [2.05, 4.69) is 40.1 Å². The second-order valence-corrected chi connectivity index (χ2v) is 5.59. The third-order valence-corrected chi connectivity index (χ3v) is 3.93. The second-order valence-electron chi connectivity index (χ2n) is 4.35. The molecule has 6 heteroatoms. The number of nitrogens with zero attached hydrogens (tertiary/aromatic N) is 3. The van der Waals surface area contributed by atoms with Crippen molar-refractivity contribution in [2.75, 3.05) is 37.0 Å². The van der Waals surface area contributed by atoms with Crippen molar-refractivity contribution in [3.8, 4) is 0 Å². The van der Waals surface area contributed by atoms with Gasteiger partial charge in [-0.2, -0.15) is 4.98 Å². The summed E-state index contributed by atoms with van der Waals surface area (Å²) >= 11 is 1.68. The molecule has 0 saturated carbocycles. The van der Waals surface area contributed by atoms with Gasteiger partial charge < -0.3 is 15.3 Å². The van der Waals surface area contributed by atoms with Crippen molar-refractivity contribution in [2.45, 2.75) is 20.3 Å². The molecule has 0 aliphatic rings. The summed E-state index contributed by atoms with van der Waals surface area (Å²) < 4.78 is 0. The van der Waals surface area contributed by atoms with Gasteiger partial charge in [-0.05, 0) is 26.3 Å². The predicted molar refractivity (Wildman–Crippen MR) is 81.3 cm³/mol. The van der Waals surface area contributed by atoms with Gasteiger partial charge in [0.25, 0.3) is 0 Å². The van der Waals surface area contributed by atoms with E-state index in [0.29, 0.717) is 5.95 Å². The molecule has 2 N–H and O–H groups in total. The van der Waals surface area contributed by atoms with Crippen LogP contribution in [0.1, 0.15) is 18.2 Å². The Kier molecular flexibility index (Phi) is 4.55. The average molecular weight is 280 g/mol. The van der Waals surface area contributed by atoms with Gasteiger partial charge in [0, 0.05) is 31.6 Å². The Bertz CT molecular complexity index is 555. The first-order chi connectivity index (χ1) is 9.19. The molecule has 19 heavy (non-hydrogen) atoms. The highest BCUT2D eigenvalue weighted by molar-refractivity contribution is 7.18. The van der Waals surface area contributed by atoms with Gasteiger partial charge in [0.05, 0.1) is 5.39 Å². The summed E-state index contributed by atoms with van der Waals surface area (Å²) in [5, 5.41) is 13.1. The van der Waals surface area contributed by atoms with Crippen LogP contribution >= 0.6 is 11.3 Å². The molecule has 0 unspecified atom stereocenters. The summed E-state index contributed by atoms with van der Waals surface area (Å²) in [6, 6.07) is 2.14. The largest absolute Gasteiger partial charge is 0.396 e. The van der Waals surface area contributed by atoms with E-state index in [4.69, 9.17) is 5.11 Å². The molecule has 0 aromatic carbocycles. The van der Waals surface area contributed by atoms with Crippen molar-refractivity contribution in [1.29, 1.82) is 0 Å². The van der Waals surface area contributed by atoms with Gasteiger partial charge in [0.2, 0.25) is 5.95 Å². The number of anilines is 2.